The molecule has 0 aromatic heterocycles. The van der Waals surface area contributed by atoms with Crippen LogP contribution < -0.4 is 10.2 Å². The van der Waals surface area contributed by atoms with E-state index in [4.69, 9.17) is 4.74 Å². The predicted octanol–water partition coefficient (Wildman–Crippen LogP) is 12.3. The fourth-order valence-corrected chi connectivity index (χ4v) is 7.62. The Balaban J connectivity index is 1.08. The Morgan fingerprint density at radius 2 is 1.00 bits per heavy atom. The molecule has 0 saturated carbocycles. The second kappa shape index (κ2) is 11.5. The minimum absolute atomic E-state index is 0.196. The van der Waals surface area contributed by atoms with Crippen molar-refractivity contribution in [3.63, 3.8) is 0 Å². The number of ether oxygens (including phenoxy) is 1. The lowest BCUT2D eigenvalue weighted by molar-refractivity contribution is 0.175. The topological polar surface area (TPSA) is 24.5 Å². The molecule has 0 bridgehead atoms. The van der Waals surface area contributed by atoms with Gasteiger partial charge < -0.3 is 15.0 Å². The zero-order valence-electron chi connectivity index (χ0n) is 27.3. The van der Waals surface area contributed by atoms with Gasteiger partial charge in [0.25, 0.3) is 0 Å². The molecule has 236 valence electrons. The minimum Gasteiger partial charge on any atom is -0.464 e. The smallest absolute Gasteiger partial charge is 0.196 e. The number of anilines is 3. The summed E-state index contributed by atoms with van der Waals surface area (Å²) in [6.45, 7) is 0. The number of hydrogen-bond acceptors (Lipinski definition) is 3. The first-order valence-corrected chi connectivity index (χ1v) is 17.1. The molecule has 0 radical (unpaired) electrons. The molecular weight excluding hydrogens is 609 g/mol. The van der Waals surface area contributed by atoms with Crippen LogP contribution in [-0.4, -0.2) is 0 Å². The van der Waals surface area contributed by atoms with Crippen molar-refractivity contribution in [2.45, 2.75) is 6.23 Å². The van der Waals surface area contributed by atoms with Crippen molar-refractivity contribution in [1.29, 1.82) is 0 Å². The lowest BCUT2D eigenvalue weighted by Crippen LogP contribution is -2.15. The summed E-state index contributed by atoms with van der Waals surface area (Å²) in [7, 11) is 0. The highest BCUT2D eigenvalue weighted by Crippen LogP contribution is 2.50. The molecule has 1 heterocycles. The van der Waals surface area contributed by atoms with E-state index in [9.17, 15) is 0 Å². The van der Waals surface area contributed by atoms with E-state index in [-0.39, 0.29) is 6.23 Å². The van der Waals surface area contributed by atoms with Gasteiger partial charge >= 0.3 is 0 Å². The van der Waals surface area contributed by atoms with Crippen LogP contribution in [0.3, 0.4) is 0 Å². The number of nitrogens with one attached hydrogen (secondary N) is 1. The third-order valence-electron chi connectivity index (χ3n) is 10.0. The molecular formula is C47H32N2O. The number of rotatable bonds is 6. The maximum Gasteiger partial charge on any atom is 0.196 e. The Bertz CT molecular complexity index is 2480. The van der Waals surface area contributed by atoms with Crippen LogP contribution in [0.5, 0.6) is 0 Å². The summed E-state index contributed by atoms with van der Waals surface area (Å²) in [5, 5.41) is 8.58. The molecule has 2 aliphatic rings. The number of nitrogens with zero attached hydrogens (tertiary/aromatic N) is 1. The number of fused-ring (bicyclic) bond motifs is 4. The van der Waals surface area contributed by atoms with E-state index in [0.29, 0.717) is 0 Å². The number of benzene rings is 8. The van der Waals surface area contributed by atoms with E-state index in [1.54, 1.807) is 0 Å². The zero-order valence-corrected chi connectivity index (χ0v) is 27.3. The van der Waals surface area contributed by atoms with Gasteiger partial charge in [0.05, 0.1) is 5.70 Å². The average Bonchev–Trinajstić information content (AvgIpc) is 3.76. The van der Waals surface area contributed by atoms with Crippen LogP contribution in [0.25, 0.3) is 55.3 Å². The standard InChI is InChI=1S/C47H32N2O/c1-4-11-31(12-5-1)33-19-24-37(25-20-33)49(38-26-21-34(22-27-38)32-13-6-2-7-14-32)39-28-23-36-29-43-44-40(42(36)30-39)17-10-18-41(44)46-45(43)48-47(50-46)35-15-8-3-9-16-35/h1-30,47-48H. The third-order valence-corrected chi connectivity index (χ3v) is 10.0. The Hall–Kier alpha value is -6.58. The minimum atomic E-state index is -0.196. The van der Waals surface area contributed by atoms with Gasteiger partial charge in [-0.05, 0) is 80.9 Å². The molecule has 50 heavy (non-hydrogen) atoms. The van der Waals surface area contributed by atoms with Gasteiger partial charge in [0.1, 0.15) is 0 Å². The molecule has 0 amide bonds. The molecule has 1 atom stereocenters. The van der Waals surface area contributed by atoms with Gasteiger partial charge in [-0.3, -0.25) is 0 Å². The molecule has 1 unspecified atom stereocenters. The van der Waals surface area contributed by atoms with Crippen LogP contribution in [0.15, 0.2) is 182 Å². The van der Waals surface area contributed by atoms with Crippen molar-refractivity contribution >= 4 is 50.1 Å². The van der Waals surface area contributed by atoms with Gasteiger partial charge in [-0.1, -0.05) is 140 Å². The monoisotopic (exact) mass is 640 g/mol. The highest BCUT2D eigenvalue weighted by atomic mass is 16.5. The summed E-state index contributed by atoms with van der Waals surface area (Å²) < 4.78 is 6.59. The second-order valence-corrected chi connectivity index (χ2v) is 13.0. The van der Waals surface area contributed by atoms with Gasteiger partial charge in [-0.25, -0.2) is 0 Å². The molecule has 8 aromatic carbocycles. The molecule has 3 heteroatoms. The maximum absolute atomic E-state index is 6.59. The van der Waals surface area contributed by atoms with Crippen LogP contribution in [0, 0.1) is 0 Å². The summed E-state index contributed by atoms with van der Waals surface area (Å²) in [5.74, 6) is 0.939. The van der Waals surface area contributed by atoms with Crippen LogP contribution in [0.1, 0.15) is 22.9 Å². The first-order valence-electron chi connectivity index (χ1n) is 17.1. The molecule has 3 nitrogen and oxygen atoms in total. The second-order valence-electron chi connectivity index (χ2n) is 13.0. The van der Waals surface area contributed by atoms with Gasteiger partial charge in [0.15, 0.2) is 12.0 Å². The lowest BCUT2D eigenvalue weighted by Gasteiger charge is -2.26. The van der Waals surface area contributed by atoms with Crippen molar-refractivity contribution in [3.05, 3.63) is 199 Å². The quantitative estimate of drug-likeness (QED) is 0.183. The van der Waals surface area contributed by atoms with Crippen molar-refractivity contribution in [2.75, 3.05) is 4.90 Å². The van der Waals surface area contributed by atoms with Crippen molar-refractivity contribution < 1.29 is 4.74 Å². The van der Waals surface area contributed by atoms with Crippen LogP contribution >= 0.6 is 0 Å². The van der Waals surface area contributed by atoms with E-state index >= 15 is 0 Å². The number of hydrogen-bond donors (Lipinski definition) is 1. The first kappa shape index (κ1) is 28.4. The third kappa shape index (κ3) is 4.67. The van der Waals surface area contributed by atoms with E-state index in [1.165, 1.54) is 49.4 Å². The predicted molar refractivity (Wildman–Crippen MR) is 207 cm³/mol. The van der Waals surface area contributed by atoms with Crippen molar-refractivity contribution in [1.82, 2.24) is 5.32 Å². The summed E-state index contributed by atoms with van der Waals surface area (Å²) in [5.41, 5.74) is 12.7. The van der Waals surface area contributed by atoms with E-state index in [0.717, 1.165) is 39.6 Å². The normalized spacial score (nSPS) is 14.4. The Kier molecular flexibility index (Phi) is 6.56. The molecule has 0 saturated heterocycles. The first-order chi connectivity index (χ1) is 24.8. The van der Waals surface area contributed by atoms with Gasteiger partial charge in [0.2, 0.25) is 0 Å². The molecule has 0 spiro atoms. The van der Waals surface area contributed by atoms with Crippen LogP contribution in [0.2, 0.25) is 0 Å². The van der Waals surface area contributed by atoms with Gasteiger partial charge in [0, 0.05) is 39.1 Å². The molecule has 1 aliphatic carbocycles. The fourth-order valence-electron chi connectivity index (χ4n) is 7.62. The maximum atomic E-state index is 6.59. The molecule has 10 rings (SSSR count). The average molecular weight is 641 g/mol. The lowest BCUT2D eigenvalue weighted by atomic mass is 9.95. The van der Waals surface area contributed by atoms with E-state index in [1.807, 2.05) is 6.07 Å². The highest BCUT2D eigenvalue weighted by Gasteiger charge is 2.35. The Labute approximate surface area is 291 Å². The highest BCUT2D eigenvalue weighted by molar-refractivity contribution is 6.21. The van der Waals surface area contributed by atoms with Crippen molar-refractivity contribution in [2.24, 2.45) is 0 Å². The van der Waals surface area contributed by atoms with E-state index in [2.05, 4.69) is 186 Å². The summed E-state index contributed by atoms with van der Waals surface area (Å²) in [6, 6.07) is 65.0. The Morgan fingerprint density at radius 3 is 1.62 bits per heavy atom. The summed E-state index contributed by atoms with van der Waals surface area (Å²) in [6.07, 6.45) is -0.196. The Morgan fingerprint density at radius 1 is 0.440 bits per heavy atom. The fraction of sp³-hybridized carbons (Fsp3) is 0.0213. The zero-order chi connectivity index (χ0) is 33.0. The summed E-state index contributed by atoms with van der Waals surface area (Å²) >= 11 is 0. The van der Waals surface area contributed by atoms with Gasteiger partial charge in [-0.2, -0.15) is 0 Å². The van der Waals surface area contributed by atoms with E-state index < -0.39 is 0 Å². The van der Waals surface area contributed by atoms with Crippen LogP contribution in [-0.2, 0) is 4.74 Å². The molecule has 1 N–H and O–H groups in total. The van der Waals surface area contributed by atoms with Crippen LogP contribution in [0.4, 0.5) is 17.1 Å². The SMILES string of the molecule is c1ccc(-c2ccc(N(c3ccc(-c4ccccc4)cc3)c3ccc4cc5c6c(cccc6c4c3)C3=C5NC(c4ccccc4)O3)cc2)cc1. The summed E-state index contributed by atoms with van der Waals surface area (Å²) in [4.78, 5) is 2.36. The molecule has 8 aromatic rings. The van der Waals surface area contributed by atoms with Crippen molar-refractivity contribution in [3.8, 4) is 22.3 Å². The molecule has 0 fully saturated rings. The largest absolute Gasteiger partial charge is 0.464 e. The van der Waals surface area contributed by atoms with Gasteiger partial charge in [-0.15, -0.1) is 0 Å². The molecule has 1 aliphatic heterocycles.